The van der Waals surface area contributed by atoms with Crippen LogP contribution in [0.3, 0.4) is 0 Å². The van der Waals surface area contributed by atoms with E-state index in [0.29, 0.717) is 12.3 Å². The van der Waals surface area contributed by atoms with E-state index in [2.05, 4.69) is 24.5 Å². The quantitative estimate of drug-likeness (QED) is 0.814. The van der Waals surface area contributed by atoms with Crippen molar-refractivity contribution in [3.05, 3.63) is 54.1 Å². The molecule has 0 atom stereocenters. The standard InChI is InChI=1S/C19H24N2O2/c1-14(2)13-20-16-6-8-17(9-7-16)21-19(22)12-15-4-10-18(23-3)11-5-15/h4-11,14,20H,12-13H2,1-3H3,(H,21,22). The first-order chi connectivity index (χ1) is 11.1. The molecule has 2 aromatic rings. The number of nitrogens with one attached hydrogen (secondary N) is 2. The van der Waals surface area contributed by atoms with Gasteiger partial charge >= 0.3 is 0 Å². The number of ether oxygens (including phenoxy) is 1. The van der Waals surface area contributed by atoms with Gasteiger partial charge in [-0.05, 0) is 47.9 Å². The van der Waals surface area contributed by atoms with Gasteiger partial charge in [-0.3, -0.25) is 4.79 Å². The van der Waals surface area contributed by atoms with Crippen LogP contribution in [0.5, 0.6) is 5.75 Å². The van der Waals surface area contributed by atoms with Gasteiger partial charge in [0.2, 0.25) is 5.91 Å². The lowest BCUT2D eigenvalue weighted by Crippen LogP contribution is -2.14. The summed E-state index contributed by atoms with van der Waals surface area (Å²) in [6, 6.07) is 15.3. The molecule has 0 heterocycles. The fraction of sp³-hybridized carbons (Fsp3) is 0.316. The molecule has 0 radical (unpaired) electrons. The minimum absolute atomic E-state index is 0.0296. The average Bonchev–Trinajstić information content (AvgIpc) is 2.55. The highest BCUT2D eigenvalue weighted by atomic mass is 16.5. The van der Waals surface area contributed by atoms with E-state index in [0.717, 1.165) is 29.2 Å². The van der Waals surface area contributed by atoms with Crippen LogP contribution in [0.2, 0.25) is 0 Å². The zero-order valence-electron chi connectivity index (χ0n) is 13.9. The molecule has 4 heteroatoms. The fourth-order valence-electron chi connectivity index (χ4n) is 2.13. The molecule has 0 aliphatic rings. The summed E-state index contributed by atoms with van der Waals surface area (Å²) in [4.78, 5) is 12.1. The van der Waals surface area contributed by atoms with Gasteiger partial charge in [0.05, 0.1) is 13.5 Å². The third-order valence-electron chi connectivity index (χ3n) is 3.41. The third kappa shape index (κ3) is 5.66. The predicted octanol–water partition coefficient (Wildman–Crippen LogP) is 3.94. The highest BCUT2D eigenvalue weighted by Gasteiger charge is 2.05. The zero-order chi connectivity index (χ0) is 16.7. The normalized spacial score (nSPS) is 10.4. The van der Waals surface area contributed by atoms with Gasteiger partial charge in [0.1, 0.15) is 5.75 Å². The first-order valence-electron chi connectivity index (χ1n) is 7.83. The Labute approximate surface area is 137 Å². The highest BCUT2D eigenvalue weighted by molar-refractivity contribution is 5.92. The smallest absolute Gasteiger partial charge is 0.228 e. The van der Waals surface area contributed by atoms with Crippen molar-refractivity contribution in [3.63, 3.8) is 0 Å². The number of benzene rings is 2. The summed E-state index contributed by atoms with van der Waals surface area (Å²) < 4.78 is 5.11. The van der Waals surface area contributed by atoms with E-state index >= 15 is 0 Å². The molecule has 0 spiro atoms. The molecule has 4 nitrogen and oxygen atoms in total. The largest absolute Gasteiger partial charge is 0.497 e. The number of carbonyl (C=O) groups is 1. The van der Waals surface area contributed by atoms with E-state index in [1.54, 1.807) is 7.11 Å². The number of amides is 1. The lowest BCUT2D eigenvalue weighted by atomic mass is 10.1. The summed E-state index contributed by atoms with van der Waals surface area (Å²) in [6.45, 7) is 5.27. The molecular formula is C19H24N2O2. The molecule has 0 aliphatic heterocycles. The number of methoxy groups -OCH3 is 1. The van der Waals surface area contributed by atoms with Crippen molar-refractivity contribution >= 4 is 17.3 Å². The van der Waals surface area contributed by atoms with Crippen LogP contribution >= 0.6 is 0 Å². The molecule has 0 aromatic heterocycles. The first-order valence-corrected chi connectivity index (χ1v) is 7.83. The molecular weight excluding hydrogens is 288 g/mol. The van der Waals surface area contributed by atoms with Gasteiger partial charge in [0, 0.05) is 17.9 Å². The van der Waals surface area contributed by atoms with E-state index in [1.165, 1.54) is 0 Å². The number of rotatable bonds is 7. The van der Waals surface area contributed by atoms with Gasteiger partial charge in [0.15, 0.2) is 0 Å². The van der Waals surface area contributed by atoms with Gasteiger partial charge in [0.25, 0.3) is 0 Å². The van der Waals surface area contributed by atoms with Crippen molar-refractivity contribution in [3.8, 4) is 5.75 Å². The second kappa shape index (κ2) is 8.22. The Morgan fingerprint density at radius 1 is 1.00 bits per heavy atom. The summed E-state index contributed by atoms with van der Waals surface area (Å²) in [5.74, 6) is 1.36. The minimum atomic E-state index is -0.0296. The van der Waals surface area contributed by atoms with Crippen LogP contribution in [-0.2, 0) is 11.2 Å². The van der Waals surface area contributed by atoms with Gasteiger partial charge in [-0.25, -0.2) is 0 Å². The molecule has 23 heavy (non-hydrogen) atoms. The van der Waals surface area contributed by atoms with Crippen LogP contribution in [0.4, 0.5) is 11.4 Å². The second-order valence-corrected chi connectivity index (χ2v) is 5.93. The van der Waals surface area contributed by atoms with Gasteiger partial charge in [-0.2, -0.15) is 0 Å². The Balaban J connectivity index is 1.86. The molecule has 122 valence electrons. The maximum atomic E-state index is 12.1. The van der Waals surface area contributed by atoms with Crippen LogP contribution in [0.15, 0.2) is 48.5 Å². The molecule has 2 N–H and O–H groups in total. The average molecular weight is 312 g/mol. The predicted molar refractivity (Wildman–Crippen MR) is 95.1 cm³/mol. The van der Waals surface area contributed by atoms with Crippen molar-refractivity contribution in [2.24, 2.45) is 5.92 Å². The number of hydrogen-bond donors (Lipinski definition) is 2. The summed E-state index contributed by atoms with van der Waals surface area (Å²) in [5.41, 5.74) is 2.82. The van der Waals surface area contributed by atoms with Crippen LogP contribution in [0.1, 0.15) is 19.4 Å². The Hall–Kier alpha value is -2.49. The van der Waals surface area contributed by atoms with Crippen LogP contribution in [-0.4, -0.2) is 19.6 Å². The number of carbonyl (C=O) groups excluding carboxylic acids is 1. The Bertz CT molecular complexity index is 619. The highest BCUT2D eigenvalue weighted by Crippen LogP contribution is 2.15. The molecule has 0 aliphatic carbocycles. The van der Waals surface area contributed by atoms with E-state index in [9.17, 15) is 4.79 Å². The molecule has 0 unspecified atom stereocenters. The molecule has 0 saturated carbocycles. The van der Waals surface area contributed by atoms with Crippen molar-refractivity contribution < 1.29 is 9.53 Å². The van der Waals surface area contributed by atoms with Crippen LogP contribution in [0, 0.1) is 5.92 Å². The monoisotopic (exact) mass is 312 g/mol. The van der Waals surface area contributed by atoms with Crippen molar-refractivity contribution in [2.75, 3.05) is 24.3 Å². The SMILES string of the molecule is COc1ccc(CC(=O)Nc2ccc(NCC(C)C)cc2)cc1. The van der Waals surface area contributed by atoms with Gasteiger partial charge in [-0.15, -0.1) is 0 Å². The minimum Gasteiger partial charge on any atom is -0.497 e. The Kier molecular flexibility index (Phi) is 6.03. The first kappa shape index (κ1) is 16.9. The maximum Gasteiger partial charge on any atom is 0.228 e. The van der Waals surface area contributed by atoms with E-state index in [-0.39, 0.29) is 5.91 Å². The second-order valence-electron chi connectivity index (χ2n) is 5.93. The van der Waals surface area contributed by atoms with Crippen LogP contribution < -0.4 is 15.4 Å². The summed E-state index contributed by atoms with van der Waals surface area (Å²) in [6.07, 6.45) is 0.345. The van der Waals surface area contributed by atoms with E-state index in [4.69, 9.17) is 4.74 Å². The maximum absolute atomic E-state index is 12.1. The number of anilines is 2. The van der Waals surface area contributed by atoms with Crippen LogP contribution in [0.25, 0.3) is 0 Å². The number of hydrogen-bond acceptors (Lipinski definition) is 3. The molecule has 0 bridgehead atoms. The zero-order valence-corrected chi connectivity index (χ0v) is 13.9. The molecule has 2 rings (SSSR count). The molecule has 0 saturated heterocycles. The third-order valence-corrected chi connectivity index (χ3v) is 3.41. The molecule has 1 amide bonds. The topological polar surface area (TPSA) is 50.4 Å². The van der Waals surface area contributed by atoms with E-state index < -0.39 is 0 Å². The van der Waals surface area contributed by atoms with Crippen molar-refractivity contribution in [1.29, 1.82) is 0 Å². The van der Waals surface area contributed by atoms with Crippen molar-refractivity contribution in [2.45, 2.75) is 20.3 Å². The molecule has 0 fully saturated rings. The van der Waals surface area contributed by atoms with Crippen molar-refractivity contribution in [1.82, 2.24) is 0 Å². The van der Waals surface area contributed by atoms with Gasteiger partial charge < -0.3 is 15.4 Å². The van der Waals surface area contributed by atoms with Gasteiger partial charge in [-0.1, -0.05) is 26.0 Å². The summed E-state index contributed by atoms with van der Waals surface area (Å²) >= 11 is 0. The fourth-order valence-corrected chi connectivity index (χ4v) is 2.13. The van der Waals surface area contributed by atoms with E-state index in [1.807, 2.05) is 48.5 Å². The Morgan fingerprint density at radius 3 is 2.17 bits per heavy atom. The molecule has 2 aromatic carbocycles. The summed E-state index contributed by atoms with van der Waals surface area (Å²) in [5, 5.41) is 6.26. The lowest BCUT2D eigenvalue weighted by molar-refractivity contribution is -0.115. The Morgan fingerprint density at radius 2 is 1.61 bits per heavy atom. The summed E-state index contributed by atoms with van der Waals surface area (Å²) in [7, 11) is 1.63. The lowest BCUT2D eigenvalue weighted by Gasteiger charge is -2.10.